The molecule has 1 saturated heterocycles. The van der Waals surface area contributed by atoms with E-state index in [0.29, 0.717) is 11.9 Å². The summed E-state index contributed by atoms with van der Waals surface area (Å²) in [4.78, 5) is 14.2. The Morgan fingerprint density at radius 2 is 2.00 bits per heavy atom. The summed E-state index contributed by atoms with van der Waals surface area (Å²) in [6.07, 6.45) is 7.58. The highest BCUT2D eigenvalue weighted by molar-refractivity contribution is 5.80. The number of carbonyl (C=O) groups is 1. The molecule has 86 valence electrons. The molecule has 0 N–H and O–H groups in total. The number of carbonyl (C=O) groups excluding carboxylic acids is 1. The van der Waals surface area contributed by atoms with Gasteiger partial charge in [-0.15, -0.1) is 0 Å². The minimum Gasteiger partial charge on any atom is -0.339 e. The van der Waals surface area contributed by atoms with Crippen LogP contribution in [0.4, 0.5) is 0 Å². The van der Waals surface area contributed by atoms with Crippen LogP contribution in [0.25, 0.3) is 0 Å². The van der Waals surface area contributed by atoms with Gasteiger partial charge in [0.15, 0.2) is 0 Å². The van der Waals surface area contributed by atoms with Gasteiger partial charge in [-0.2, -0.15) is 0 Å². The van der Waals surface area contributed by atoms with Crippen molar-refractivity contribution in [3.05, 3.63) is 0 Å². The molecule has 0 radical (unpaired) electrons. The predicted octanol–water partition coefficient (Wildman–Crippen LogP) is 2.82. The number of nitrogens with zero attached hydrogens (tertiary/aromatic N) is 1. The Kier molecular flexibility index (Phi) is 3.32. The van der Waals surface area contributed by atoms with E-state index >= 15 is 0 Å². The Balaban J connectivity index is 2.04. The van der Waals surface area contributed by atoms with Crippen molar-refractivity contribution in [1.82, 2.24) is 4.90 Å². The lowest BCUT2D eigenvalue weighted by Crippen LogP contribution is -2.43. The largest absolute Gasteiger partial charge is 0.339 e. The van der Waals surface area contributed by atoms with Crippen LogP contribution in [0.3, 0.4) is 0 Å². The van der Waals surface area contributed by atoms with Crippen molar-refractivity contribution < 1.29 is 4.79 Å². The van der Waals surface area contributed by atoms with Gasteiger partial charge in [-0.05, 0) is 25.2 Å². The topological polar surface area (TPSA) is 20.3 Å². The van der Waals surface area contributed by atoms with Gasteiger partial charge in [-0.25, -0.2) is 0 Å². The molecule has 0 aromatic carbocycles. The maximum Gasteiger partial charge on any atom is 0.225 e. The van der Waals surface area contributed by atoms with Crippen LogP contribution in [0.5, 0.6) is 0 Å². The van der Waals surface area contributed by atoms with Gasteiger partial charge in [-0.3, -0.25) is 4.79 Å². The highest BCUT2D eigenvalue weighted by Crippen LogP contribution is 2.33. The quantitative estimate of drug-likeness (QED) is 0.685. The number of amides is 1. The summed E-state index contributed by atoms with van der Waals surface area (Å²) < 4.78 is 0. The van der Waals surface area contributed by atoms with Gasteiger partial charge >= 0.3 is 0 Å². The van der Waals surface area contributed by atoms with Gasteiger partial charge in [-0.1, -0.05) is 33.1 Å². The van der Waals surface area contributed by atoms with E-state index in [1.807, 2.05) is 0 Å². The Morgan fingerprint density at radius 3 is 2.60 bits per heavy atom. The van der Waals surface area contributed by atoms with Crippen LogP contribution in [0.15, 0.2) is 0 Å². The molecule has 1 amide bonds. The third-order valence-electron chi connectivity index (χ3n) is 4.30. The molecule has 0 spiro atoms. The molecule has 0 aromatic rings. The molecule has 2 rings (SSSR count). The Morgan fingerprint density at radius 1 is 1.27 bits per heavy atom. The van der Waals surface area contributed by atoms with Crippen molar-refractivity contribution >= 4 is 5.91 Å². The molecule has 3 unspecified atom stereocenters. The highest BCUT2D eigenvalue weighted by atomic mass is 16.2. The van der Waals surface area contributed by atoms with Gasteiger partial charge in [0, 0.05) is 18.5 Å². The van der Waals surface area contributed by atoms with Crippen LogP contribution in [-0.4, -0.2) is 23.4 Å². The first-order chi connectivity index (χ1) is 7.24. The van der Waals surface area contributed by atoms with E-state index in [2.05, 4.69) is 18.7 Å². The van der Waals surface area contributed by atoms with Crippen LogP contribution in [0, 0.1) is 11.8 Å². The van der Waals surface area contributed by atoms with Gasteiger partial charge in [0.2, 0.25) is 5.91 Å². The molecule has 2 nitrogen and oxygen atoms in total. The van der Waals surface area contributed by atoms with Crippen molar-refractivity contribution in [2.45, 2.75) is 58.4 Å². The summed E-state index contributed by atoms with van der Waals surface area (Å²) >= 11 is 0. The normalized spacial score (nSPS) is 37.3. The van der Waals surface area contributed by atoms with Crippen molar-refractivity contribution in [2.75, 3.05) is 6.54 Å². The number of likely N-dealkylation sites (tertiary alicyclic amines) is 1. The maximum atomic E-state index is 12.0. The molecule has 0 aromatic heterocycles. The van der Waals surface area contributed by atoms with Crippen LogP contribution < -0.4 is 0 Å². The van der Waals surface area contributed by atoms with Crippen molar-refractivity contribution in [1.29, 1.82) is 0 Å². The first-order valence-electron chi connectivity index (χ1n) is 6.54. The molecule has 2 fully saturated rings. The summed E-state index contributed by atoms with van der Waals surface area (Å²) in [5.74, 6) is 1.47. The van der Waals surface area contributed by atoms with Gasteiger partial charge in [0.05, 0.1) is 0 Å². The lowest BCUT2D eigenvalue weighted by molar-refractivity contribution is -0.134. The first kappa shape index (κ1) is 11.0. The summed E-state index contributed by atoms with van der Waals surface area (Å²) in [7, 11) is 0. The van der Waals surface area contributed by atoms with E-state index in [1.165, 1.54) is 32.1 Å². The zero-order valence-corrected chi connectivity index (χ0v) is 10.0. The molecule has 1 aliphatic heterocycles. The molecule has 1 aliphatic carbocycles. The van der Waals surface area contributed by atoms with Crippen LogP contribution in [0.2, 0.25) is 0 Å². The maximum absolute atomic E-state index is 12.0. The van der Waals surface area contributed by atoms with Crippen molar-refractivity contribution in [3.63, 3.8) is 0 Å². The summed E-state index contributed by atoms with van der Waals surface area (Å²) in [5.41, 5.74) is 0. The molecule has 1 saturated carbocycles. The monoisotopic (exact) mass is 209 g/mol. The molecule has 0 bridgehead atoms. The Labute approximate surface area is 93.0 Å². The average Bonchev–Trinajstić information content (AvgIpc) is 2.60. The Bertz CT molecular complexity index is 239. The molecule has 3 atom stereocenters. The van der Waals surface area contributed by atoms with Crippen molar-refractivity contribution in [3.8, 4) is 0 Å². The minimum absolute atomic E-state index is 0.282. The van der Waals surface area contributed by atoms with Crippen LogP contribution in [0.1, 0.15) is 52.4 Å². The lowest BCUT2D eigenvalue weighted by Gasteiger charge is -2.37. The fourth-order valence-corrected chi connectivity index (χ4v) is 3.25. The second-order valence-corrected chi connectivity index (χ2v) is 5.24. The predicted molar refractivity (Wildman–Crippen MR) is 61.5 cm³/mol. The fraction of sp³-hybridized carbons (Fsp3) is 0.923. The fourth-order valence-electron chi connectivity index (χ4n) is 3.25. The molecule has 2 heteroatoms. The number of hydrogen-bond donors (Lipinski definition) is 0. The molecular formula is C13H23NO. The lowest BCUT2D eigenvalue weighted by atomic mass is 9.82. The minimum atomic E-state index is 0.282. The highest BCUT2D eigenvalue weighted by Gasteiger charge is 2.37. The first-order valence-corrected chi connectivity index (χ1v) is 6.54. The number of hydrogen-bond acceptors (Lipinski definition) is 1. The standard InChI is InChI=1S/C13H23NO/c1-3-11-6-4-5-7-12(11)14-9-8-10(2)13(14)15/h10-12H,3-9H2,1-2H3. The van der Waals surface area contributed by atoms with E-state index in [9.17, 15) is 4.79 Å². The average molecular weight is 209 g/mol. The summed E-state index contributed by atoms with van der Waals surface area (Å²) in [5, 5.41) is 0. The zero-order valence-electron chi connectivity index (χ0n) is 10.0. The number of rotatable bonds is 2. The summed E-state index contributed by atoms with van der Waals surface area (Å²) in [6, 6.07) is 0.571. The second kappa shape index (κ2) is 4.54. The van der Waals surface area contributed by atoms with Gasteiger partial charge in [0.25, 0.3) is 0 Å². The van der Waals surface area contributed by atoms with Gasteiger partial charge < -0.3 is 4.90 Å². The summed E-state index contributed by atoms with van der Waals surface area (Å²) in [6.45, 7) is 5.36. The van der Waals surface area contributed by atoms with E-state index in [-0.39, 0.29) is 5.92 Å². The van der Waals surface area contributed by atoms with Crippen LogP contribution in [-0.2, 0) is 4.79 Å². The van der Waals surface area contributed by atoms with Gasteiger partial charge in [0.1, 0.15) is 0 Å². The SMILES string of the molecule is CCC1CCCCC1N1CCC(C)C1=O. The molecule has 2 aliphatic rings. The van der Waals surface area contributed by atoms with E-state index in [4.69, 9.17) is 0 Å². The van der Waals surface area contributed by atoms with E-state index in [0.717, 1.165) is 18.9 Å². The zero-order chi connectivity index (χ0) is 10.8. The second-order valence-electron chi connectivity index (χ2n) is 5.24. The van der Waals surface area contributed by atoms with Crippen molar-refractivity contribution in [2.24, 2.45) is 11.8 Å². The van der Waals surface area contributed by atoms with Crippen LogP contribution >= 0.6 is 0 Å². The smallest absolute Gasteiger partial charge is 0.225 e. The third kappa shape index (κ3) is 2.04. The third-order valence-corrected chi connectivity index (χ3v) is 4.30. The van der Waals surface area contributed by atoms with E-state index < -0.39 is 0 Å². The van der Waals surface area contributed by atoms with E-state index in [1.54, 1.807) is 0 Å². The molecular weight excluding hydrogens is 186 g/mol. The Hall–Kier alpha value is -0.530. The molecule has 1 heterocycles. The molecule has 15 heavy (non-hydrogen) atoms.